The Bertz CT molecular complexity index is 1180. The van der Waals surface area contributed by atoms with Crippen LogP contribution in [0, 0.1) is 0 Å². The van der Waals surface area contributed by atoms with Gasteiger partial charge in [-0.1, -0.05) is 43.7 Å². The van der Waals surface area contributed by atoms with Crippen molar-refractivity contribution in [1.82, 2.24) is 14.5 Å². The summed E-state index contributed by atoms with van der Waals surface area (Å²) in [7, 11) is 0. The number of carbonyl (C=O) groups is 2. The molecule has 0 unspecified atom stereocenters. The molecule has 4 rings (SSSR count). The fourth-order valence-corrected chi connectivity index (χ4v) is 6.02. The molecule has 2 aromatic rings. The van der Waals surface area contributed by atoms with Crippen LogP contribution in [-0.4, -0.2) is 49.5 Å². The summed E-state index contributed by atoms with van der Waals surface area (Å²) in [6.45, 7) is 4.39. The van der Waals surface area contributed by atoms with Gasteiger partial charge in [-0.15, -0.1) is 11.8 Å². The highest BCUT2D eigenvalue weighted by molar-refractivity contribution is 8.01. The second kappa shape index (κ2) is 9.09. The Kier molecular flexibility index (Phi) is 6.38. The number of unbranched alkanes of at least 4 members (excludes halogenated alkanes) is 1. The monoisotopic (exact) mass is 471 g/mol. The van der Waals surface area contributed by atoms with E-state index in [2.05, 4.69) is 4.98 Å². The fraction of sp³-hybridized carbons (Fsp3) is 0.478. The van der Waals surface area contributed by atoms with Crippen molar-refractivity contribution in [3.8, 4) is 0 Å². The number of nitrogens with one attached hydrogen (secondary N) is 1. The van der Waals surface area contributed by atoms with Crippen LogP contribution >= 0.6 is 11.8 Å². The topological polar surface area (TPSA) is 121 Å². The van der Waals surface area contributed by atoms with Gasteiger partial charge < -0.3 is 15.5 Å². The van der Waals surface area contributed by atoms with Crippen molar-refractivity contribution in [1.29, 1.82) is 0 Å². The maximum Gasteiger partial charge on any atom is 0.330 e. The summed E-state index contributed by atoms with van der Waals surface area (Å²) in [5, 5.41) is 0. The highest BCUT2D eigenvalue weighted by atomic mass is 32.2. The first-order chi connectivity index (χ1) is 15.8. The molecule has 1 aromatic carbocycles. The molecule has 0 bridgehead atoms. The number of carbonyl (C=O) groups excluding carboxylic acids is 2. The van der Waals surface area contributed by atoms with Gasteiger partial charge in [0.2, 0.25) is 5.91 Å². The zero-order chi connectivity index (χ0) is 23.8. The second-order valence-electron chi connectivity index (χ2n) is 8.67. The van der Waals surface area contributed by atoms with Gasteiger partial charge in [-0.05, 0) is 25.3 Å². The molecule has 2 aliphatic heterocycles. The van der Waals surface area contributed by atoms with E-state index >= 15 is 0 Å². The van der Waals surface area contributed by atoms with Crippen LogP contribution in [0.4, 0.5) is 11.5 Å². The summed E-state index contributed by atoms with van der Waals surface area (Å²) in [6, 6.07) is 8.61. The molecule has 0 spiro atoms. The van der Waals surface area contributed by atoms with E-state index in [1.165, 1.54) is 9.47 Å². The largest absolute Gasteiger partial charge is 0.383 e. The quantitative estimate of drug-likeness (QED) is 0.635. The molecular weight excluding hydrogens is 442 g/mol. The van der Waals surface area contributed by atoms with E-state index in [4.69, 9.17) is 5.73 Å². The van der Waals surface area contributed by atoms with Gasteiger partial charge in [0.25, 0.3) is 11.5 Å². The summed E-state index contributed by atoms with van der Waals surface area (Å²) in [4.78, 5) is 56.8. The Balaban J connectivity index is 1.75. The summed E-state index contributed by atoms with van der Waals surface area (Å²) in [5.41, 5.74) is 5.83. The maximum atomic E-state index is 13.8. The minimum atomic E-state index is -0.701. The van der Waals surface area contributed by atoms with Crippen molar-refractivity contribution < 1.29 is 9.59 Å². The van der Waals surface area contributed by atoms with E-state index in [0.717, 1.165) is 12.0 Å². The Hall–Kier alpha value is -3.01. The van der Waals surface area contributed by atoms with Gasteiger partial charge in [0.15, 0.2) is 5.69 Å². The van der Waals surface area contributed by atoms with Gasteiger partial charge in [0, 0.05) is 18.7 Å². The average Bonchev–Trinajstić information content (AvgIpc) is 3.29. The third-order valence-corrected chi connectivity index (χ3v) is 7.90. The van der Waals surface area contributed by atoms with Crippen LogP contribution in [0.3, 0.4) is 0 Å². The van der Waals surface area contributed by atoms with E-state index in [0.29, 0.717) is 25.0 Å². The van der Waals surface area contributed by atoms with E-state index in [9.17, 15) is 19.2 Å². The first-order valence-electron chi connectivity index (χ1n) is 11.2. The van der Waals surface area contributed by atoms with Crippen LogP contribution in [0.1, 0.15) is 45.1 Å². The highest BCUT2D eigenvalue weighted by Gasteiger charge is 2.54. The number of rotatable bonds is 7. The molecule has 2 atom stereocenters. The van der Waals surface area contributed by atoms with Crippen molar-refractivity contribution in [2.75, 3.05) is 22.9 Å². The van der Waals surface area contributed by atoms with Crippen LogP contribution in [0.2, 0.25) is 0 Å². The molecule has 33 heavy (non-hydrogen) atoms. The Morgan fingerprint density at radius 1 is 1.27 bits per heavy atom. The van der Waals surface area contributed by atoms with E-state index in [1.807, 2.05) is 44.2 Å². The normalized spacial score (nSPS) is 21.9. The average molecular weight is 472 g/mol. The standard InChI is InChI=1S/C23H29N5O4S/c1-3-4-12-26(21(31)16-14-33-23(2)11-10-17(29)28(16)23)18-19(24)27(22(32)25-20(18)30)13-15-8-6-5-7-9-15/h5-9,16H,3-4,10-14,24H2,1-2H3,(H,25,30,32)/t16-,23-/m0/s1. The number of H-pyrrole nitrogens is 1. The van der Waals surface area contributed by atoms with Crippen molar-refractivity contribution >= 4 is 35.1 Å². The Labute approximate surface area is 195 Å². The van der Waals surface area contributed by atoms with Gasteiger partial charge in [-0.25, -0.2) is 4.79 Å². The van der Waals surface area contributed by atoms with Crippen molar-refractivity contribution in [2.45, 2.75) is 57.0 Å². The van der Waals surface area contributed by atoms with Crippen LogP contribution < -0.4 is 21.9 Å². The second-order valence-corrected chi connectivity index (χ2v) is 10.2. The lowest BCUT2D eigenvalue weighted by Crippen LogP contribution is -2.53. The molecule has 0 aliphatic carbocycles. The highest BCUT2D eigenvalue weighted by Crippen LogP contribution is 2.47. The Morgan fingerprint density at radius 2 is 2.00 bits per heavy atom. The number of fused-ring (bicyclic) bond motifs is 1. The summed E-state index contributed by atoms with van der Waals surface area (Å²) < 4.78 is 1.27. The molecule has 2 aliphatic rings. The number of anilines is 2. The predicted octanol–water partition coefficient (Wildman–Crippen LogP) is 1.75. The minimum absolute atomic E-state index is 0.0331. The number of nitrogen functional groups attached to an aromatic ring is 1. The molecule has 10 heteroatoms. The van der Waals surface area contributed by atoms with Gasteiger partial charge in [0.05, 0.1) is 11.4 Å². The first-order valence-corrected chi connectivity index (χ1v) is 12.2. The number of nitrogens with two attached hydrogens (primary N) is 1. The van der Waals surface area contributed by atoms with Crippen molar-refractivity contribution in [3.63, 3.8) is 0 Å². The molecule has 2 saturated heterocycles. The zero-order valence-corrected chi connectivity index (χ0v) is 19.7. The molecule has 0 radical (unpaired) electrons. The molecule has 3 N–H and O–H groups in total. The number of thioether (sulfide) groups is 1. The lowest BCUT2D eigenvalue weighted by molar-refractivity contribution is -0.136. The molecule has 3 heterocycles. The van der Waals surface area contributed by atoms with Crippen LogP contribution in [0.5, 0.6) is 0 Å². The predicted molar refractivity (Wildman–Crippen MR) is 129 cm³/mol. The summed E-state index contributed by atoms with van der Waals surface area (Å²) >= 11 is 1.59. The van der Waals surface area contributed by atoms with E-state index < -0.39 is 22.2 Å². The number of aromatic nitrogens is 2. The Morgan fingerprint density at radius 3 is 2.70 bits per heavy atom. The lowest BCUT2D eigenvalue weighted by atomic mass is 10.1. The molecule has 9 nitrogen and oxygen atoms in total. The molecule has 0 saturated carbocycles. The number of aromatic amines is 1. The molecule has 2 fully saturated rings. The number of hydrogen-bond acceptors (Lipinski definition) is 6. The minimum Gasteiger partial charge on any atom is -0.383 e. The van der Waals surface area contributed by atoms with Gasteiger partial charge >= 0.3 is 5.69 Å². The van der Waals surface area contributed by atoms with E-state index in [1.54, 1.807) is 16.7 Å². The van der Waals surface area contributed by atoms with Gasteiger partial charge in [-0.3, -0.25) is 23.9 Å². The van der Waals surface area contributed by atoms with Crippen LogP contribution in [-0.2, 0) is 16.1 Å². The lowest BCUT2D eigenvalue weighted by Gasteiger charge is -2.33. The first kappa shape index (κ1) is 23.2. The van der Waals surface area contributed by atoms with Gasteiger partial charge in [0.1, 0.15) is 11.9 Å². The molecule has 176 valence electrons. The maximum absolute atomic E-state index is 13.8. The third-order valence-electron chi connectivity index (χ3n) is 6.40. The van der Waals surface area contributed by atoms with Gasteiger partial charge in [-0.2, -0.15) is 0 Å². The van der Waals surface area contributed by atoms with Crippen LogP contribution in [0.25, 0.3) is 0 Å². The van der Waals surface area contributed by atoms with E-state index in [-0.39, 0.29) is 36.4 Å². The van der Waals surface area contributed by atoms with Crippen LogP contribution in [0.15, 0.2) is 39.9 Å². The molecular formula is C23H29N5O4S. The van der Waals surface area contributed by atoms with Crippen molar-refractivity contribution in [3.05, 3.63) is 56.7 Å². The molecule has 2 amide bonds. The zero-order valence-electron chi connectivity index (χ0n) is 18.9. The number of benzene rings is 1. The number of hydrogen-bond donors (Lipinski definition) is 2. The fourth-order valence-electron chi connectivity index (χ4n) is 4.59. The third kappa shape index (κ3) is 4.19. The smallest absolute Gasteiger partial charge is 0.330 e. The SMILES string of the molecule is CCCCN(C(=O)[C@@H]1CS[C@@]2(C)CCC(=O)N12)c1c(N)n(Cc2ccccc2)c(=O)[nH]c1=O. The summed E-state index contributed by atoms with van der Waals surface area (Å²) in [6.07, 6.45) is 2.55. The van der Waals surface area contributed by atoms with Crippen molar-refractivity contribution in [2.24, 2.45) is 0 Å². The number of amides is 2. The number of nitrogens with zero attached hydrogens (tertiary/aromatic N) is 3. The molecule has 1 aromatic heterocycles. The summed E-state index contributed by atoms with van der Waals surface area (Å²) in [5.74, 6) is 0.0213.